The van der Waals surface area contributed by atoms with E-state index in [1.165, 1.54) is 28.9 Å². The fourth-order valence-electron chi connectivity index (χ4n) is 5.82. The second-order valence-electron chi connectivity index (χ2n) is 12.5. The average molecular weight is 637 g/mol. The van der Waals surface area contributed by atoms with E-state index < -0.39 is 23.9 Å². The van der Waals surface area contributed by atoms with Gasteiger partial charge in [-0.1, -0.05) is 17.7 Å². The zero-order valence-electron chi connectivity index (χ0n) is 24.9. The van der Waals surface area contributed by atoms with E-state index in [0.717, 1.165) is 0 Å². The van der Waals surface area contributed by atoms with Crippen LogP contribution in [0, 0.1) is 12.3 Å². The number of benzene rings is 1. The molecule has 3 aromatic rings. The minimum Gasteiger partial charge on any atom is -0.459 e. The number of nitrogen functional groups attached to an aromatic ring is 1. The van der Waals surface area contributed by atoms with Gasteiger partial charge in [0.15, 0.2) is 0 Å². The summed E-state index contributed by atoms with van der Waals surface area (Å²) in [6, 6.07) is 6.50. The number of carbonyl (C=O) groups is 1. The maximum absolute atomic E-state index is 14.5. The topological polar surface area (TPSA) is 138 Å². The van der Waals surface area contributed by atoms with Crippen molar-refractivity contribution in [1.82, 2.24) is 24.8 Å². The van der Waals surface area contributed by atoms with E-state index in [2.05, 4.69) is 15.1 Å². The minimum atomic E-state index is -4.82. The van der Waals surface area contributed by atoms with Crippen molar-refractivity contribution >= 4 is 29.3 Å². The lowest BCUT2D eigenvalue weighted by Crippen LogP contribution is -2.44. The van der Waals surface area contributed by atoms with Crippen LogP contribution in [0.1, 0.15) is 57.4 Å². The van der Waals surface area contributed by atoms with Gasteiger partial charge in [-0.05, 0) is 70.6 Å². The number of esters is 1. The van der Waals surface area contributed by atoms with Crippen molar-refractivity contribution in [1.29, 1.82) is 0 Å². The molecule has 2 saturated heterocycles. The number of rotatable bonds is 6. The molecule has 2 aliphatic heterocycles. The molecule has 1 aromatic carbocycles. The summed E-state index contributed by atoms with van der Waals surface area (Å²) in [7, 11) is 0. The number of ether oxygens (including phenoxy) is 2. The summed E-state index contributed by atoms with van der Waals surface area (Å²) in [5.41, 5.74) is 5.66. The maximum atomic E-state index is 14.5. The monoisotopic (exact) mass is 636 g/mol. The largest absolute Gasteiger partial charge is 0.459 e. The van der Waals surface area contributed by atoms with E-state index in [1.807, 2.05) is 25.7 Å². The van der Waals surface area contributed by atoms with Crippen LogP contribution in [0.5, 0.6) is 5.88 Å². The van der Waals surface area contributed by atoms with Crippen LogP contribution in [0.4, 0.5) is 24.9 Å². The number of anilines is 2. The lowest BCUT2D eigenvalue weighted by atomic mass is 9.76. The summed E-state index contributed by atoms with van der Waals surface area (Å²) in [5.74, 6) is 5.67. The van der Waals surface area contributed by atoms with Crippen LogP contribution in [0.3, 0.4) is 0 Å². The molecule has 1 spiro atoms. The molecule has 2 aromatic heterocycles. The Morgan fingerprint density at radius 1 is 1.14 bits per heavy atom. The molecule has 238 valence electrons. The number of hydrogen-bond acceptors (Lipinski definition) is 10. The highest BCUT2D eigenvalue weighted by atomic mass is 35.5. The van der Waals surface area contributed by atoms with Crippen molar-refractivity contribution in [2.24, 2.45) is 11.3 Å². The summed E-state index contributed by atoms with van der Waals surface area (Å²) in [5, 5.41) is 6.04. The fourth-order valence-corrected chi connectivity index (χ4v) is 5.98. The van der Waals surface area contributed by atoms with E-state index >= 15 is 0 Å². The van der Waals surface area contributed by atoms with Gasteiger partial charge < -0.3 is 20.1 Å². The normalized spacial score (nSPS) is 19.8. The highest BCUT2D eigenvalue weighted by Gasteiger charge is 2.49. The van der Waals surface area contributed by atoms with Crippen molar-refractivity contribution in [2.45, 2.75) is 70.9 Å². The molecule has 44 heavy (non-hydrogen) atoms. The zero-order valence-corrected chi connectivity index (χ0v) is 25.7. The van der Waals surface area contributed by atoms with E-state index in [0.29, 0.717) is 50.4 Å². The molecule has 4 heterocycles. The third kappa shape index (κ3) is 7.02. The Morgan fingerprint density at radius 2 is 1.84 bits per heavy atom. The quantitative estimate of drug-likeness (QED) is 0.288. The van der Waals surface area contributed by atoms with Crippen LogP contribution >= 0.6 is 11.6 Å². The summed E-state index contributed by atoms with van der Waals surface area (Å²) in [6.45, 7) is 8.73. The Hall–Kier alpha value is -3.62. The first-order chi connectivity index (χ1) is 20.5. The molecule has 0 unspecified atom stereocenters. The van der Waals surface area contributed by atoms with Crippen LogP contribution in [0.2, 0.25) is 5.02 Å². The standard InChI is InChI=1S/C29H36ClF3N8O3/c1-17-7-10-41(38-17)20-13-18(30)5-6-19(20)24(29(31,32)33)43-23-14-22(36-26(34)37-23)39-11-8-28(9-12-39)15-21(40(35)16-28)25(42)44-27(2,3)4/h5-7,10,13-14,21,24H,8-9,11-12,15-16,35H2,1-4H3,(H2,34,36,37)/t21-,24+/m0/s1. The second-order valence-corrected chi connectivity index (χ2v) is 12.9. The first-order valence-corrected chi connectivity index (χ1v) is 14.6. The molecule has 2 atom stereocenters. The van der Waals surface area contributed by atoms with E-state index in [9.17, 15) is 18.0 Å². The van der Waals surface area contributed by atoms with Crippen molar-refractivity contribution < 1.29 is 27.4 Å². The van der Waals surface area contributed by atoms with Gasteiger partial charge in [0.05, 0.1) is 11.4 Å². The second kappa shape index (κ2) is 11.7. The Morgan fingerprint density at radius 3 is 2.45 bits per heavy atom. The number of nitrogens with zero attached hydrogens (tertiary/aromatic N) is 6. The molecule has 0 bridgehead atoms. The zero-order chi connectivity index (χ0) is 32.0. The summed E-state index contributed by atoms with van der Waals surface area (Å²) in [4.78, 5) is 22.9. The molecule has 0 saturated carbocycles. The van der Waals surface area contributed by atoms with Gasteiger partial charge in [0.25, 0.3) is 0 Å². The van der Waals surface area contributed by atoms with E-state index in [4.69, 9.17) is 32.7 Å². The van der Waals surface area contributed by atoms with Gasteiger partial charge in [0.1, 0.15) is 17.5 Å². The number of nitrogens with two attached hydrogens (primary N) is 2. The lowest BCUT2D eigenvalue weighted by molar-refractivity contribution is -0.198. The Bertz CT molecular complexity index is 1520. The van der Waals surface area contributed by atoms with Crippen LogP contribution in [0.25, 0.3) is 5.69 Å². The van der Waals surface area contributed by atoms with Crippen LogP contribution < -0.4 is 21.2 Å². The highest BCUT2D eigenvalue weighted by molar-refractivity contribution is 6.30. The van der Waals surface area contributed by atoms with Gasteiger partial charge in [0, 0.05) is 42.5 Å². The first kappa shape index (κ1) is 31.8. The predicted molar refractivity (Wildman–Crippen MR) is 158 cm³/mol. The Kier molecular flexibility index (Phi) is 8.46. The van der Waals surface area contributed by atoms with Crippen LogP contribution in [0.15, 0.2) is 36.5 Å². The Balaban J connectivity index is 1.35. The highest BCUT2D eigenvalue weighted by Crippen LogP contribution is 2.44. The van der Waals surface area contributed by atoms with E-state index in [-0.39, 0.29) is 39.5 Å². The number of piperidine rings is 1. The predicted octanol–water partition coefficient (Wildman–Crippen LogP) is 4.77. The average Bonchev–Trinajstić information content (AvgIpc) is 3.48. The van der Waals surface area contributed by atoms with Gasteiger partial charge in [0.2, 0.25) is 17.9 Å². The number of hydrogen-bond donors (Lipinski definition) is 2. The van der Waals surface area contributed by atoms with Crippen molar-refractivity contribution in [3.8, 4) is 11.6 Å². The van der Waals surface area contributed by atoms with Crippen LogP contribution in [-0.2, 0) is 9.53 Å². The lowest BCUT2D eigenvalue weighted by Gasteiger charge is -2.39. The number of hydrazine groups is 1. The van der Waals surface area contributed by atoms with Gasteiger partial charge in [-0.3, -0.25) is 10.6 Å². The summed E-state index contributed by atoms with van der Waals surface area (Å²) in [6.07, 6.45) is -3.75. The molecule has 2 aliphatic rings. The van der Waals surface area contributed by atoms with Gasteiger partial charge in [-0.15, -0.1) is 0 Å². The summed E-state index contributed by atoms with van der Waals surface area (Å²) >= 11 is 6.14. The summed E-state index contributed by atoms with van der Waals surface area (Å²) < 4.78 is 55.9. The molecule has 0 aliphatic carbocycles. The maximum Gasteiger partial charge on any atom is 0.429 e. The number of aromatic nitrogens is 4. The van der Waals surface area contributed by atoms with Crippen molar-refractivity contribution in [3.63, 3.8) is 0 Å². The number of carbonyl (C=O) groups excluding carboxylic acids is 1. The first-order valence-electron chi connectivity index (χ1n) is 14.2. The smallest absolute Gasteiger partial charge is 0.429 e. The minimum absolute atomic E-state index is 0.117. The molecule has 0 amide bonds. The van der Waals surface area contributed by atoms with Gasteiger partial charge in [-0.25, -0.2) is 9.69 Å². The molecular weight excluding hydrogens is 601 g/mol. The molecule has 2 fully saturated rings. The Labute approximate surface area is 258 Å². The number of halogens is 4. The molecule has 4 N–H and O–H groups in total. The van der Waals surface area contributed by atoms with E-state index in [1.54, 1.807) is 24.2 Å². The van der Waals surface area contributed by atoms with Crippen LogP contribution in [-0.4, -0.2) is 68.2 Å². The van der Waals surface area contributed by atoms with Gasteiger partial charge in [-0.2, -0.15) is 28.2 Å². The molecular formula is C29H36ClF3N8O3. The van der Waals surface area contributed by atoms with Gasteiger partial charge >= 0.3 is 12.1 Å². The molecule has 15 heteroatoms. The van der Waals surface area contributed by atoms with Crippen molar-refractivity contribution in [3.05, 3.63) is 52.8 Å². The molecule has 5 rings (SSSR count). The molecule has 0 radical (unpaired) electrons. The number of aryl methyl sites for hydroxylation is 1. The fraction of sp³-hybridized carbons (Fsp3) is 0.517. The number of alkyl halides is 3. The third-order valence-corrected chi connectivity index (χ3v) is 8.09. The SMILES string of the molecule is Cc1ccn(-c2cc(Cl)ccc2[C@@H](Oc2cc(N3CCC4(CC3)C[C@@H](C(=O)OC(C)(C)C)N(N)C4)nc(N)n2)C(F)(F)F)n1. The third-order valence-electron chi connectivity index (χ3n) is 7.86. The molecule has 11 nitrogen and oxygen atoms in total. The van der Waals surface area contributed by atoms with Crippen molar-refractivity contribution in [2.75, 3.05) is 30.3 Å².